The summed E-state index contributed by atoms with van der Waals surface area (Å²) in [4.78, 5) is 27.8. The van der Waals surface area contributed by atoms with Crippen molar-refractivity contribution in [3.63, 3.8) is 0 Å². The SMILES string of the molecule is CC(CCc1cccc(OCC[C@H](NC(=O)OCc2ccccc2)C(=O)O)c1)=NNC1=NCCN1. The molecule has 2 aromatic carbocycles. The summed E-state index contributed by atoms with van der Waals surface area (Å²) >= 11 is 0. The molecule has 3 rings (SSSR count). The van der Waals surface area contributed by atoms with Gasteiger partial charge in [0, 0.05) is 18.7 Å². The summed E-state index contributed by atoms with van der Waals surface area (Å²) in [6.45, 7) is 3.72. The second-order valence-electron chi connectivity index (χ2n) is 8.00. The standard InChI is InChI=1S/C25H31N5O5/c1-18(29-30-24-26-13-14-27-24)10-11-19-8-5-9-21(16-19)34-15-12-22(23(31)32)28-25(33)35-17-20-6-3-2-4-7-20/h2-9,16,22H,10-15,17H2,1H3,(H,28,33)(H,31,32)(H2,26,27,30)/t22-/m0/s1. The lowest BCUT2D eigenvalue weighted by atomic mass is 10.1. The second kappa shape index (κ2) is 13.6. The van der Waals surface area contributed by atoms with Gasteiger partial charge in [-0.3, -0.25) is 0 Å². The minimum atomic E-state index is -1.15. The van der Waals surface area contributed by atoms with Crippen LogP contribution in [0.3, 0.4) is 0 Å². The van der Waals surface area contributed by atoms with E-state index in [1.807, 2.05) is 61.5 Å². The van der Waals surface area contributed by atoms with Crippen LogP contribution >= 0.6 is 0 Å². The van der Waals surface area contributed by atoms with Gasteiger partial charge in [-0.1, -0.05) is 42.5 Å². The summed E-state index contributed by atoms with van der Waals surface area (Å²) in [5.74, 6) is 0.176. The number of guanidine groups is 1. The van der Waals surface area contributed by atoms with Gasteiger partial charge >= 0.3 is 12.1 Å². The van der Waals surface area contributed by atoms with Gasteiger partial charge in [-0.2, -0.15) is 5.10 Å². The Labute approximate surface area is 204 Å². The third kappa shape index (κ3) is 9.36. The van der Waals surface area contributed by atoms with E-state index in [0.29, 0.717) is 11.7 Å². The van der Waals surface area contributed by atoms with E-state index in [1.54, 1.807) is 0 Å². The molecule has 1 atom stereocenters. The first-order valence-electron chi connectivity index (χ1n) is 11.5. The van der Waals surface area contributed by atoms with Gasteiger partial charge in [-0.15, -0.1) is 0 Å². The number of hydrogen-bond acceptors (Lipinski definition) is 8. The summed E-state index contributed by atoms with van der Waals surface area (Å²) in [5.41, 5.74) is 5.76. The maximum atomic E-state index is 12.0. The van der Waals surface area contributed by atoms with E-state index in [-0.39, 0.29) is 19.6 Å². The Bertz CT molecular complexity index is 1040. The van der Waals surface area contributed by atoms with Gasteiger partial charge in [0.15, 0.2) is 0 Å². The Kier molecular flexibility index (Phi) is 9.91. The molecule has 1 heterocycles. The molecular weight excluding hydrogens is 450 g/mol. The molecule has 1 amide bonds. The Hall–Kier alpha value is -4.08. The van der Waals surface area contributed by atoms with Crippen molar-refractivity contribution >= 4 is 23.7 Å². The molecule has 0 unspecified atom stereocenters. The number of ether oxygens (including phenoxy) is 2. The number of aliphatic imine (C=N–C) groups is 1. The molecular formula is C25H31N5O5. The molecule has 0 fully saturated rings. The largest absolute Gasteiger partial charge is 0.493 e. The van der Waals surface area contributed by atoms with Crippen LogP contribution in [-0.2, 0) is 22.6 Å². The topological polar surface area (TPSA) is 134 Å². The highest BCUT2D eigenvalue weighted by molar-refractivity contribution is 5.86. The van der Waals surface area contributed by atoms with Crippen molar-refractivity contribution in [1.82, 2.24) is 16.1 Å². The van der Waals surface area contributed by atoms with E-state index in [1.165, 1.54) is 0 Å². The molecule has 0 radical (unpaired) electrons. The number of rotatable bonds is 12. The van der Waals surface area contributed by atoms with E-state index >= 15 is 0 Å². The molecule has 0 saturated carbocycles. The van der Waals surface area contributed by atoms with Crippen molar-refractivity contribution in [3.05, 3.63) is 65.7 Å². The van der Waals surface area contributed by atoms with Gasteiger partial charge in [0.1, 0.15) is 18.4 Å². The minimum Gasteiger partial charge on any atom is -0.493 e. The van der Waals surface area contributed by atoms with Crippen molar-refractivity contribution < 1.29 is 24.2 Å². The highest BCUT2D eigenvalue weighted by Crippen LogP contribution is 2.15. The van der Waals surface area contributed by atoms with Crippen molar-refractivity contribution in [3.8, 4) is 5.75 Å². The second-order valence-corrected chi connectivity index (χ2v) is 8.00. The number of carbonyl (C=O) groups excluding carboxylic acids is 1. The number of benzene rings is 2. The highest BCUT2D eigenvalue weighted by atomic mass is 16.5. The van der Waals surface area contributed by atoms with Crippen molar-refractivity contribution in [2.24, 2.45) is 10.1 Å². The van der Waals surface area contributed by atoms with Crippen LogP contribution in [0.4, 0.5) is 4.79 Å². The Morgan fingerprint density at radius 1 is 1.17 bits per heavy atom. The van der Waals surface area contributed by atoms with Gasteiger partial charge in [-0.25, -0.2) is 20.0 Å². The molecule has 10 nitrogen and oxygen atoms in total. The van der Waals surface area contributed by atoms with Gasteiger partial charge in [0.25, 0.3) is 0 Å². The van der Waals surface area contributed by atoms with Gasteiger partial charge in [-0.05, 0) is 43.0 Å². The number of hydrogen-bond donors (Lipinski definition) is 4. The van der Waals surface area contributed by atoms with E-state index < -0.39 is 18.1 Å². The maximum absolute atomic E-state index is 12.0. The molecule has 0 aliphatic carbocycles. The van der Waals surface area contributed by atoms with Crippen LogP contribution in [0.25, 0.3) is 0 Å². The van der Waals surface area contributed by atoms with Crippen molar-refractivity contribution in [1.29, 1.82) is 0 Å². The van der Waals surface area contributed by atoms with Crippen LogP contribution in [-0.4, -0.2) is 54.6 Å². The van der Waals surface area contributed by atoms with Crippen LogP contribution in [0.15, 0.2) is 64.7 Å². The molecule has 0 bridgehead atoms. The van der Waals surface area contributed by atoms with Crippen LogP contribution < -0.4 is 20.8 Å². The zero-order valence-electron chi connectivity index (χ0n) is 19.7. The maximum Gasteiger partial charge on any atom is 0.408 e. The lowest BCUT2D eigenvalue weighted by Gasteiger charge is -2.15. The van der Waals surface area contributed by atoms with E-state index in [0.717, 1.165) is 42.8 Å². The fraction of sp³-hybridized carbons (Fsp3) is 0.360. The van der Waals surface area contributed by atoms with Crippen LogP contribution in [0.2, 0.25) is 0 Å². The number of carboxylic acid groups (broad SMARTS) is 1. The van der Waals surface area contributed by atoms with Crippen molar-refractivity contribution in [2.45, 2.75) is 38.8 Å². The predicted octanol–water partition coefficient (Wildman–Crippen LogP) is 2.69. The first-order valence-corrected chi connectivity index (χ1v) is 11.5. The number of carbonyl (C=O) groups is 2. The number of carboxylic acids is 1. The fourth-order valence-electron chi connectivity index (χ4n) is 3.25. The first kappa shape index (κ1) is 25.5. The number of amides is 1. The van der Waals surface area contributed by atoms with E-state index in [2.05, 4.69) is 26.2 Å². The molecule has 0 spiro atoms. The van der Waals surface area contributed by atoms with Gasteiger partial charge in [0.05, 0.1) is 13.2 Å². The minimum absolute atomic E-state index is 0.0637. The molecule has 2 aromatic rings. The smallest absolute Gasteiger partial charge is 0.408 e. The van der Waals surface area contributed by atoms with Crippen LogP contribution in [0.5, 0.6) is 5.75 Å². The zero-order chi connectivity index (χ0) is 24.9. The molecule has 10 heteroatoms. The average molecular weight is 482 g/mol. The van der Waals surface area contributed by atoms with Gasteiger partial charge in [0.2, 0.25) is 5.96 Å². The predicted molar refractivity (Wildman–Crippen MR) is 133 cm³/mol. The first-order chi connectivity index (χ1) is 17.0. The Morgan fingerprint density at radius 3 is 2.71 bits per heavy atom. The van der Waals surface area contributed by atoms with Crippen LogP contribution in [0.1, 0.15) is 30.9 Å². The number of hydrazone groups is 1. The van der Waals surface area contributed by atoms with Crippen LogP contribution in [0, 0.1) is 0 Å². The molecule has 4 N–H and O–H groups in total. The molecule has 0 saturated heterocycles. The number of aliphatic carboxylic acids is 1. The number of aryl methyl sites for hydroxylation is 1. The molecule has 35 heavy (non-hydrogen) atoms. The third-order valence-corrected chi connectivity index (χ3v) is 5.18. The number of alkyl carbamates (subject to hydrolysis) is 1. The summed E-state index contributed by atoms with van der Waals surface area (Å²) < 4.78 is 10.8. The normalized spacial score (nSPS) is 13.9. The molecule has 186 valence electrons. The Balaban J connectivity index is 1.40. The van der Waals surface area contributed by atoms with E-state index in [4.69, 9.17) is 9.47 Å². The lowest BCUT2D eigenvalue weighted by molar-refractivity contribution is -0.139. The van der Waals surface area contributed by atoms with Crippen molar-refractivity contribution in [2.75, 3.05) is 19.7 Å². The summed E-state index contributed by atoms with van der Waals surface area (Å²) in [7, 11) is 0. The average Bonchev–Trinajstić information content (AvgIpc) is 3.39. The summed E-state index contributed by atoms with van der Waals surface area (Å²) in [6, 6.07) is 15.7. The highest BCUT2D eigenvalue weighted by Gasteiger charge is 2.20. The molecule has 0 aromatic heterocycles. The number of nitrogens with zero attached hydrogens (tertiary/aromatic N) is 2. The van der Waals surface area contributed by atoms with Gasteiger partial charge < -0.3 is 25.2 Å². The summed E-state index contributed by atoms with van der Waals surface area (Å²) in [6.07, 6.45) is 0.848. The molecule has 1 aliphatic heterocycles. The Morgan fingerprint density at radius 2 is 1.97 bits per heavy atom. The van der Waals surface area contributed by atoms with E-state index in [9.17, 15) is 14.7 Å². The zero-order valence-corrected chi connectivity index (χ0v) is 19.7. The monoisotopic (exact) mass is 481 g/mol. The quantitative estimate of drug-likeness (QED) is 0.271. The molecule has 1 aliphatic rings. The third-order valence-electron chi connectivity index (χ3n) is 5.18. The number of nitrogens with one attached hydrogen (secondary N) is 3. The lowest BCUT2D eigenvalue weighted by Crippen LogP contribution is -2.42. The fourth-order valence-corrected chi connectivity index (χ4v) is 3.25. The summed E-state index contributed by atoms with van der Waals surface area (Å²) in [5, 5.41) is 19.2.